The Labute approximate surface area is 173 Å². The smallest absolute Gasteiger partial charge is 0.262 e. The molecule has 28 heavy (non-hydrogen) atoms. The fourth-order valence-electron chi connectivity index (χ4n) is 3.78. The van der Waals surface area contributed by atoms with Crippen LogP contribution in [0.25, 0.3) is 10.9 Å². The minimum Gasteiger partial charge on any atom is -0.467 e. The number of piperidine rings is 1. The summed E-state index contributed by atoms with van der Waals surface area (Å²) in [7, 11) is 2.21. The quantitative estimate of drug-likeness (QED) is 0.431. The van der Waals surface area contributed by atoms with Gasteiger partial charge in [-0.25, -0.2) is 4.98 Å². The first-order valence-electron chi connectivity index (χ1n) is 9.67. The monoisotopic (exact) mass is 417 g/mol. The lowest BCUT2D eigenvalue weighted by Crippen LogP contribution is -2.36. The average molecular weight is 418 g/mol. The van der Waals surface area contributed by atoms with Crippen molar-refractivity contribution >= 4 is 34.3 Å². The van der Waals surface area contributed by atoms with Crippen molar-refractivity contribution in [3.8, 4) is 0 Å². The molecule has 5 nitrogen and oxygen atoms in total. The van der Waals surface area contributed by atoms with Gasteiger partial charge in [0, 0.05) is 16.8 Å². The number of halogens is 1. The van der Waals surface area contributed by atoms with Gasteiger partial charge < -0.3 is 9.32 Å². The van der Waals surface area contributed by atoms with Crippen LogP contribution >= 0.6 is 23.4 Å². The lowest BCUT2D eigenvalue weighted by Gasteiger charge is -2.32. The Hall–Kier alpha value is -1.76. The van der Waals surface area contributed by atoms with E-state index in [1.54, 1.807) is 40.8 Å². The van der Waals surface area contributed by atoms with Crippen LogP contribution in [-0.2, 0) is 6.54 Å². The Morgan fingerprint density at radius 1 is 1.32 bits per heavy atom. The molecule has 0 bridgehead atoms. The molecule has 1 aromatic carbocycles. The van der Waals surface area contributed by atoms with E-state index in [4.69, 9.17) is 21.0 Å². The maximum Gasteiger partial charge on any atom is 0.262 e. The van der Waals surface area contributed by atoms with Crippen LogP contribution in [0.1, 0.15) is 31.4 Å². The fourth-order valence-corrected chi connectivity index (χ4v) is 4.98. The van der Waals surface area contributed by atoms with Gasteiger partial charge in [-0.15, -0.1) is 0 Å². The van der Waals surface area contributed by atoms with Crippen LogP contribution < -0.4 is 5.56 Å². The number of fused-ring (bicyclic) bond motifs is 1. The molecule has 0 radical (unpaired) electrons. The van der Waals surface area contributed by atoms with E-state index < -0.39 is 0 Å². The van der Waals surface area contributed by atoms with Gasteiger partial charge in [-0.1, -0.05) is 29.8 Å². The molecule has 3 aromatic rings. The summed E-state index contributed by atoms with van der Waals surface area (Å²) >= 11 is 7.76. The van der Waals surface area contributed by atoms with E-state index in [9.17, 15) is 4.79 Å². The van der Waals surface area contributed by atoms with Gasteiger partial charge in [-0.2, -0.15) is 0 Å². The van der Waals surface area contributed by atoms with E-state index in [0.29, 0.717) is 28.5 Å². The largest absolute Gasteiger partial charge is 0.467 e. The number of hydrogen-bond acceptors (Lipinski definition) is 5. The molecule has 0 spiro atoms. The molecule has 2 aromatic heterocycles. The minimum atomic E-state index is -0.0599. The predicted octanol–water partition coefficient (Wildman–Crippen LogP) is 4.66. The molecule has 7 heteroatoms. The highest BCUT2D eigenvalue weighted by molar-refractivity contribution is 7.99. The van der Waals surface area contributed by atoms with Crippen LogP contribution in [0, 0.1) is 0 Å². The molecule has 0 N–H and O–H groups in total. The number of thioether (sulfide) groups is 1. The van der Waals surface area contributed by atoms with E-state index in [-0.39, 0.29) is 5.56 Å². The van der Waals surface area contributed by atoms with Gasteiger partial charge in [0.15, 0.2) is 5.16 Å². The van der Waals surface area contributed by atoms with E-state index in [0.717, 1.165) is 23.1 Å². The van der Waals surface area contributed by atoms with Crippen LogP contribution in [0.4, 0.5) is 0 Å². The van der Waals surface area contributed by atoms with Crippen molar-refractivity contribution in [2.75, 3.05) is 19.3 Å². The SMILES string of the molecule is CN1CCCCC1CCSc1nc2cc(Cl)ccc2c(=O)n1Cc1ccco1. The molecule has 1 aliphatic heterocycles. The summed E-state index contributed by atoms with van der Waals surface area (Å²) in [4.78, 5) is 20.3. The van der Waals surface area contributed by atoms with Gasteiger partial charge >= 0.3 is 0 Å². The zero-order chi connectivity index (χ0) is 19.5. The van der Waals surface area contributed by atoms with Crippen molar-refractivity contribution < 1.29 is 4.42 Å². The van der Waals surface area contributed by atoms with Crippen LogP contribution in [-0.4, -0.2) is 39.8 Å². The standard InChI is InChI=1S/C21H24ClN3O2S/c1-24-10-3-2-5-16(24)9-12-28-21-23-19-13-15(22)7-8-18(19)20(26)25(21)14-17-6-4-11-27-17/h4,6-8,11,13,16H,2-3,5,9-10,12,14H2,1H3. The zero-order valence-electron chi connectivity index (χ0n) is 15.9. The Morgan fingerprint density at radius 3 is 3.00 bits per heavy atom. The van der Waals surface area contributed by atoms with Gasteiger partial charge in [0.2, 0.25) is 0 Å². The first-order valence-corrected chi connectivity index (χ1v) is 11.0. The predicted molar refractivity (Wildman–Crippen MR) is 114 cm³/mol. The van der Waals surface area contributed by atoms with Gasteiger partial charge in [0.05, 0.1) is 23.7 Å². The second kappa shape index (κ2) is 8.72. The summed E-state index contributed by atoms with van der Waals surface area (Å²) in [5.41, 5.74) is 0.584. The number of likely N-dealkylation sites (tertiary alicyclic amines) is 1. The Kier molecular flexibility index (Phi) is 6.09. The molecule has 1 unspecified atom stereocenters. The van der Waals surface area contributed by atoms with E-state index >= 15 is 0 Å². The second-order valence-corrected chi connectivity index (χ2v) is 8.79. The van der Waals surface area contributed by atoms with Crippen molar-refractivity contribution in [3.05, 3.63) is 57.7 Å². The average Bonchev–Trinajstić information content (AvgIpc) is 3.19. The molecule has 1 saturated heterocycles. The summed E-state index contributed by atoms with van der Waals surface area (Å²) in [5, 5.41) is 1.88. The third-order valence-electron chi connectivity index (χ3n) is 5.38. The minimum absolute atomic E-state index is 0.0599. The Balaban J connectivity index is 1.61. The Bertz CT molecular complexity index is 1000. The molecule has 3 heterocycles. The fraction of sp³-hybridized carbons (Fsp3) is 0.429. The van der Waals surface area contributed by atoms with E-state index in [1.165, 1.54) is 25.8 Å². The summed E-state index contributed by atoms with van der Waals surface area (Å²) < 4.78 is 7.18. The maximum absolute atomic E-state index is 13.1. The topological polar surface area (TPSA) is 51.3 Å². The number of furan rings is 1. The summed E-state index contributed by atoms with van der Waals surface area (Å²) in [6.45, 7) is 1.55. The van der Waals surface area contributed by atoms with Crippen LogP contribution in [0.3, 0.4) is 0 Å². The molecule has 0 aliphatic carbocycles. The van der Waals surface area contributed by atoms with Crippen molar-refractivity contribution in [3.63, 3.8) is 0 Å². The third-order valence-corrected chi connectivity index (χ3v) is 6.62. The van der Waals surface area contributed by atoms with Crippen molar-refractivity contribution in [2.24, 2.45) is 0 Å². The highest BCUT2D eigenvalue weighted by Gasteiger charge is 2.19. The summed E-state index contributed by atoms with van der Waals surface area (Å²) in [5.74, 6) is 1.66. The maximum atomic E-state index is 13.1. The highest BCUT2D eigenvalue weighted by atomic mass is 35.5. The zero-order valence-corrected chi connectivity index (χ0v) is 17.5. The van der Waals surface area contributed by atoms with Gasteiger partial charge in [0.1, 0.15) is 5.76 Å². The van der Waals surface area contributed by atoms with E-state index in [1.807, 2.05) is 12.1 Å². The first-order chi connectivity index (χ1) is 13.6. The number of nitrogens with zero attached hydrogens (tertiary/aromatic N) is 3. The molecule has 0 amide bonds. The van der Waals surface area contributed by atoms with Gasteiger partial charge in [-0.05, 0) is 63.2 Å². The summed E-state index contributed by atoms with van der Waals surface area (Å²) in [6.07, 6.45) is 6.55. The number of hydrogen-bond donors (Lipinski definition) is 0. The van der Waals surface area contributed by atoms with E-state index in [2.05, 4.69) is 11.9 Å². The van der Waals surface area contributed by atoms with Crippen LogP contribution in [0.2, 0.25) is 5.02 Å². The normalized spacial score (nSPS) is 18.0. The first kappa shape index (κ1) is 19.6. The highest BCUT2D eigenvalue weighted by Crippen LogP contribution is 2.25. The number of benzene rings is 1. The van der Waals surface area contributed by atoms with Crippen LogP contribution in [0.15, 0.2) is 51.0 Å². The molecule has 148 valence electrons. The van der Waals surface area contributed by atoms with Crippen molar-refractivity contribution in [1.82, 2.24) is 14.5 Å². The molecule has 1 atom stereocenters. The lowest BCUT2D eigenvalue weighted by atomic mass is 10.0. The molecule has 0 saturated carbocycles. The molecule has 1 aliphatic rings. The number of rotatable bonds is 6. The number of aromatic nitrogens is 2. The second-order valence-electron chi connectivity index (χ2n) is 7.29. The molecular formula is C21H24ClN3O2S. The molecule has 1 fully saturated rings. The lowest BCUT2D eigenvalue weighted by molar-refractivity contribution is 0.182. The summed E-state index contributed by atoms with van der Waals surface area (Å²) in [6, 6.07) is 9.56. The van der Waals surface area contributed by atoms with Gasteiger partial charge in [-0.3, -0.25) is 9.36 Å². The van der Waals surface area contributed by atoms with Crippen molar-refractivity contribution in [2.45, 2.75) is 43.4 Å². The van der Waals surface area contributed by atoms with Gasteiger partial charge in [0.25, 0.3) is 5.56 Å². The Morgan fingerprint density at radius 2 is 2.21 bits per heavy atom. The third kappa shape index (κ3) is 4.29. The van der Waals surface area contributed by atoms with Crippen LogP contribution in [0.5, 0.6) is 0 Å². The molecular weight excluding hydrogens is 394 g/mol. The van der Waals surface area contributed by atoms with Crippen molar-refractivity contribution in [1.29, 1.82) is 0 Å². The molecule has 4 rings (SSSR count).